The summed E-state index contributed by atoms with van der Waals surface area (Å²) in [5.41, 5.74) is 0.602. The van der Waals surface area contributed by atoms with Crippen LogP contribution in [0.5, 0.6) is 11.5 Å². The highest BCUT2D eigenvalue weighted by Crippen LogP contribution is 2.35. The number of hydrogen-bond donors (Lipinski definition) is 0. The molecule has 0 fully saturated rings. The zero-order chi connectivity index (χ0) is 22.7. The first kappa shape index (κ1) is 21.8. The number of anilines is 1. The number of ether oxygens (including phenoxy) is 2. The minimum atomic E-state index is -3.88. The van der Waals surface area contributed by atoms with Crippen LogP contribution in [-0.2, 0) is 21.2 Å². The van der Waals surface area contributed by atoms with Crippen molar-refractivity contribution in [1.82, 2.24) is 4.98 Å². The number of furan rings is 1. The highest BCUT2D eigenvalue weighted by Gasteiger charge is 2.28. The monoisotopic (exact) mass is 472 g/mol. The van der Waals surface area contributed by atoms with E-state index in [0.717, 1.165) is 4.70 Å². The molecule has 4 aromatic rings. The van der Waals surface area contributed by atoms with Gasteiger partial charge in [-0.15, -0.1) is 0 Å². The normalized spacial score (nSPS) is 11.4. The van der Waals surface area contributed by atoms with Crippen LogP contribution in [0.4, 0.5) is 5.13 Å². The first-order chi connectivity index (χ1) is 15.4. The van der Waals surface area contributed by atoms with Gasteiger partial charge >= 0.3 is 0 Å². The number of rotatable bonds is 8. The van der Waals surface area contributed by atoms with Gasteiger partial charge in [0, 0.05) is 0 Å². The summed E-state index contributed by atoms with van der Waals surface area (Å²) in [5, 5.41) is 0.357. The molecule has 0 radical (unpaired) electrons. The average molecular weight is 473 g/mol. The molecule has 2 heterocycles. The number of para-hydroxylation sites is 1. The van der Waals surface area contributed by atoms with Crippen molar-refractivity contribution in [3.05, 3.63) is 66.6 Å². The van der Waals surface area contributed by atoms with Crippen molar-refractivity contribution in [2.45, 2.75) is 11.4 Å². The number of benzene rings is 2. The van der Waals surface area contributed by atoms with Gasteiger partial charge in [0.1, 0.15) is 28.5 Å². The summed E-state index contributed by atoms with van der Waals surface area (Å²) in [7, 11) is -0.849. The number of fused-ring (bicyclic) bond motifs is 1. The van der Waals surface area contributed by atoms with Crippen LogP contribution in [0.3, 0.4) is 0 Å². The number of hydrogen-bond acceptors (Lipinski definition) is 8. The Bertz CT molecular complexity index is 1330. The number of aromatic nitrogens is 1. The summed E-state index contributed by atoms with van der Waals surface area (Å²) in [6, 6.07) is 14.8. The first-order valence-electron chi connectivity index (χ1n) is 9.54. The van der Waals surface area contributed by atoms with Gasteiger partial charge in [-0.1, -0.05) is 17.4 Å². The van der Waals surface area contributed by atoms with Gasteiger partial charge in [0.25, 0.3) is 0 Å². The highest BCUT2D eigenvalue weighted by molar-refractivity contribution is 7.92. The van der Waals surface area contributed by atoms with Gasteiger partial charge in [0.15, 0.2) is 15.0 Å². The van der Waals surface area contributed by atoms with Crippen molar-refractivity contribution in [3.8, 4) is 11.5 Å². The lowest BCUT2D eigenvalue weighted by atomic mass is 10.3. The molecule has 0 atom stereocenters. The number of thiazole rings is 1. The maximum absolute atomic E-state index is 13.2. The molecule has 2 aromatic carbocycles. The Morgan fingerprint density at radius 2 is 1.84 bits per heavy atom. The third-order valence-corrected chi connectivity index (χ3v) is 7.41. The smallest absolute Gasteiger partial charge is 0.244 e. The van der Waals surface area contributed by atoms with E-state index < -0.39 is 21.5 Å². The topological polar surface area (TPSA) is 98.9 Å². The van der Waals surface area contributed by atoms with Gasteiger partial charge < -0.3 is 13.9 Å². The average Bonchev–Trinajstić information content (AvgIpc) is 3.46. The summed E-state index contributed by atoms with van der Waals surface area (Å²) < 4.78 is 42.4. The van der Waals surface area contributed by atoms with Crippen molar-refractivity contribution >= 4 is 42.4 Å². The molecule has 10 heteroatoms. The SMILES string of the molecule is COc1ccc(S(=O)(=O)CC(=O)N(Cc2ccco2)c2nc3c(OC)cccc3s2)cc1. The van der Waals surface area contributed by atoms with E-state index in [1.165, 1.54) is 53.9 Å². The highest BCUT2D eigenvalue weighted by atomic mass is 32.2. The molecule has 0 aliphatic heterocycles. The predicted molar refractivity (Wildman–Crippen MR) is 121 cm³/mol. The van der Waals surface area contributed by atoms with Crippen molar-refractivity contribution in [2.75, 3.05) is 24.9 Å². The van der Waals surface area contributed by atoms with Crippen molar-refractivity contribution in [1.29, 1.82) is 0 Å². The van der Waals surface area contributed by atoms with E-state index in [1.807, 2.05) is 12.1 Å². The molecule has 4 rings (SSSR count). The van der Waals surface area contributed by atoms with Crippen molar-refractivity contribution < 1.29 is 27.1 Å². The van der Waals surface area contributed by atoms with Gasteiger partial charge in [-0.2, -0.15) is 0 Å². The number of nitrogens with zero attached hydrogens (tertiary/aromatic N) is 2. The molecular formula is C22H20N2O6S2. The van der Waals surface area contributed by atoms with Crippen molar-refractivity contribution in [3.63, 3.8) is 0 Å². The molecule has 8 nitrogen and oxygen atoms in total. The van der Waals surface area contributed by atoms with E-state index in [9.17, 15) is 13.2 Å². The van der Waals surface area contributed by atoms with E-state index in [2.05, 4.69) is 4.98 Å². The fraction of sp³-hybridized carbons (Fsp3) is 0.182. The molecule has 0 aliphatic rings. The summed E-state index contributed by atoms with van der Waals surface area (Å²) in [4.78, 5) is 19.1. The van der Waals surface area contributed by atoms with Gasteiger partial charge in [-0.05, 0) is 48.5 Å². The number of carbonyl (C=O) groups excluding carboxylic acids is 1. The van der Waals surface area contributed by atoms with Crippen LogP contribution in [0, 0.1) is 0 Å². The Morgan fingerprint density at radius 1 is 1.06 bits per heavy atom. The lowest BCUT2D eigenvalue weighted by Gasteiger charge is -2.18. The van der Waals surface area contributed by atoms with Crippen LogP contribution in [0.15, 0.2) is 70.2 Å². The van der Waals surface area contributed by atoms with Gasteiger partial charge in [0.2, 0.25) is 5.91 Å². The van der Waals surface area contributed by atoms with Crippen LogP contribution in [0.2, 0.25) is 0 Å². The summed E-state index contributed by atoms with van der Waals surface area (Å²) >= 11 is 1.27. The molecular weight excluding hydrogens is 452 g/mol. The number of methoxy groups -OCH3 is 2. The molecule has 0 N–H and O–H groups in total. The first-order valence-corrected chi connectivity index (χ1v) is 12.0. The van der Waals surface area contributed by atoms with Crippen LogP contribution in [0.25, 0.3) is 10.2 Å². The molecule has 0 spiro atoms. The van der Waals surface area contributed by atoms with E-state index >= 15 is 0 Å². The van der Waals surface area contributed by atoms with E-state index in [4.69, 9.17) is 13.9 Å². The minimum Gasteiger partial charge on any atom is -0.497 e. The second kappa shape index (κ2) is 9.01. The lowest BCUT2D eigenvalue weighted by Crippen LogP contribution is -2.35. The lowest BCUT2D eigenvalue weighted by molar-refractivity contribution is -0.116. The standard InChI is InChI=1S/C22H20N2O6S2/c1-28-15-8-10-17(11-9-15)32(26,27)14-20(25)24(13-16-5-4-12-30-16)22-23-21-18(29-2)6-3-7-19(21)31-22/h3-12H,13-14H2,1-2H3. The number of carbonyl (C=O) groups is 1. The summed E-state index contributed by atoms with van der Waals surface area (Å²) in [6.07, 6.45) is 1.49. The maximum Gasteiger partial charge on any atom is 0.244 e. The minimum absolute atomic E-state index is 0.0376. The van der Waals surface area contributed by atoms with E-state index in [0.29, 0.717) is 27.9 Å². The predicted octanol–water partition coefficient (Wildman–Crippen LogP) is 3.91. The third kappa shape index (κ3) is 4.46. The third-order valence-electron chi connectivity index (χ3n) is 4.75. The van der Waals surface area contributed by atoms with Gasteiger partial charge in [-0.25, -0.2) is 13.4 Å². The molecule has 0 saturated heterocycles. The fourth-order valence-corrected chi connectivity index (χ4v) is 5.32. The summed E-state index contributed by atoms with van der Waals surface area (Å²) in [6.45, 7) is 0.0477. The quantitative estimate of drug-likeness (QED) is 0.383. The Hall–Kier alpha value is -3.37. The Kier molecular flexibility index (Phi) is 6.15. The molecule has 0 aliphatic carbocycles. The Morgan fingerprint density at radius 3 is 2.50 bits per heavy atom. The Labute approximate surface area is 188 Å². The Balaban J connectivity index is 1.68. The molecule has 1 amide bonds. The second-order valence-corrected chi connectivity index (χ2v) is 9.80. The summed E-state index contributed by atoms with van der Waals surface area (Å²) in [5.74, 6) is 0.272. The molecule has 2 aromatic heterocycles. The second-order valence-electron chi connectivity index (χ2n) is 6.80. The van der Waals surface area contributed by atoms with E-state index in [1.54, 1.807) is 25.3 Å². The molecule has 0 bridgehead atoms. The molecule has 166 valence electrons. The van der Waals surface area contributed by atoms with Gasteiger partial charge in [0.05, 0.1) is 36.6 Å². The van der Waals surface area contributed by atoms with Crippen LogP contribution < -0.4 is 14.4 Å². The zero-order valence-electron chi connectivity index (χ0n) is 17.3. The van der Waals surface area contributed by atoms with Crippen LogP contribution in [0.1, 0.15) is 5.76 Å². The van der Waals surface area contributed by atoms with Gasteiger partial charge in [-0.3, -0.25) is 9.69 Å². The van der Waals surface area contributed by atoms with Crippen molar-refractivity contribution in [2.24, 2.45) is 0 Å². The van der Waals surface area contributed by atoms with Crippen LogP contribution in [-0.4, -0.2) is 39.3 Å². The molecule has 0 unspecified atom stereocenters. The number of amides is 1. The zero-order valence-corrected chi connectivity index (χ0v) is 19.0. The molecule has 32 heavy (non-hydrogen) atoms. The van der Waals surface area contributed by atoms with E-state index in [-0.39, 0.29) is 11.4 Å². The maximum atomic E-state index is 13.2. The fourth-order valence-electron chi connectivity index (χ4n) is 3.12. The largest absolute Gasteiger partial charge is 0.497 e. The molecule has 0 saturated carbocycles. The number of sulfone groups is 1. The van der Waals surface area contributed by atoms with Crippen LogP contribution >= 0.6 is 11.3 Å².